The summed E-state index contributed by atoms with van der Waals surface area (Å²) in [7, 11) is -3.75. The van der Waals surface area contributed by atoms with Gasteiger partial charge in [0.15, 0.2) is 9.84 Å². The van der Waals surface area contributed by atoms with E-state index in [-0.39, 0.29) is 27.6 Å². The van der Waals surface area contributed by atoms with Crippen LogP contribution in [0.25, 0.3) is 16.9 Å². The lowest BCUT2D eigenvalue weighted by molar-refractivity contribution is -0.144. The number of benzene rings is 1. The zero-order valence-electron chi connectivity index (χ0n) is 17.6. The molecule has 7 nitrogen and oxygen atoms in total. The van der Waals surface area contributed by atoms with Gasteiger partial charge in [-0.05, 0) is 37.3 Å². The van der Waals surface area contributed by atoms with Crippen molar-refractivity contribution in [3.8, 4) is 17.3 Å². The number of sulfone groups is 1. The molecule has 2 aliphatic rings. The molecule has 2 aliphatic carbocycles. The van der Waals surface area contributed by atoms with Crippen LogP contribution >= 0.6 is 0 Å². The lowest BCUT2D eigenvalue weighted by Crippen LogP contribution is -2.31. The van der Waals surface area contributed by atoms with Gasteiger partial charge in [0.25, 0.3) is 0 Å². The fraction of sp³-hybridized carbons (Fsp3) is 0.409. The van der Waals surface area contributed by atoms with Gasteiger partial charge in [0.05, 0.1) is 27.8 Å². The van der Waals surface area contributed by atoms with Crippen molar-refractivity contribution >= 4 is 15.5 Å². The minimum Gasteiger partial charge on any atom is -0.286 e. The Balaban J connectivity index is 1.74. The fourth-order valence-electron chi connectivity index (χ4n) is 4.13. The number of hydrogen-bond donors (Lipinski definition) is 0. The van der Waals surface area contributed by atoms with E-state index in [1.807, 2.05) is 0 Å². The zero-order valence-corrected chi connectivity index (χ0v) is 18.4. The Morgan fingerprint density at radius 1 is 1.24 bits per heavy atom. The number of fused-ring (bicyclic) bond motifs is 1. The van der Waals surface area contributed by atoms with E-state index in [1.54, 1.807) is 6.07 Å². The van der Waals surface area contributed by atoms with Crippen LogP contribution in [0.4, 0.5) is 13.2 Å². The second-order valence-corrected chi connectivity index (χ2v) is 10.8. The summed E-state index contributed by atoms with van der Waals surface area (Å²) in [5.41, 5.74) is -2.01. The maximum Gasteiger partial charge on any atom is 0.431 e. The Morgan fingerprint density at radius 2 is 1.94 bits per heavy atom. The first kappa shape index (κ1) is 21.7. The summed E-state index contributed by atoms with van der Waals surface area (Å²) >= 11 is 0. The van der Waals surface area contributed by atoms with Crippen molar-refractivity contribution in [2.45, 2.75) is 55.1 Å². The molecule has 0 aliphatic heterocycles. The van der Waals surface area contributed by atoms with Gasteiger partial charge >= 0.3 is 11.9 Å². The fourth-order valence-corrected chi connectivity index (χ4v) is 5.25. The van der Waals surface area contributed by atoms with Crippen LogP contribution < -0.4 is 5.69 Å². The molecule has 2 saturated carbocycles. The van der Waals surface area contributed by atoms with Crippen LogP contribution in [0.3, 0.4) is 0 Å². The van der Waals surface area contributed by atoms with Gasteiger partial charge in [0.1, 0.15) is 11.3 Å². The van der Waals surface area contributed by atoms with Crippen LogP contribution in [0.5, 0.6) is 0 Å². The van der Waals surface area contributed by atoms with Gasteiger partial charge in [-0.3, -0.25) is 8.97 Å². The SMILES string of the molecule is CCS(=O)(=O)c1cc(C2(C#N)CC2)ccc1-c1cn2c(=O)n(C3CC3)c(C(F)(F)F)cc2n1. The normalized spacial score (nSPS) is 17.8. The van der Waals surface area contributed by atoms with E-state index in [9.17, 15) is 31.6 Å². The first-order chi connectivity index (χ1) is 15.5. The maximum absolute atomic E-state index is 13.6. The molecule has 0 N–H and O–H groups in total. The highest BCUT2D eigenvalue weighted by atomic mass is 32.2. The molecular formula is C22H19F3N4O3S. The number of hydrogen-bond acceptors (Lipinski definition) is 5. The standard InChI is InChI=1S/C22H19F3N4O3S/c1-2-33(31,32)17-9-13(21(12-26)7-8-21)3-6-15(17)16-11-28-19(27-16)10-18(22(23,24)25)29(20(28)30)14-4-5-14/h3,6,9-11,14H,2,4-5,7-8H2,1H3. The topological polar surface area (TPSA) is 97.2 Å². The molecular weight excluding hydrogens is 457 g/mol. The first-order valence-electron chi connectivity index (χ1n) is 10.5. The van der Waals surface area contributed by atoms with Crippen molar-refractivity contribution in [3.05, 3.63) is 52.2 Å². The third-order valence-electron chi connectivity index (χ3n) is 6.36. The molecule has 33 heavy (non-hydrogen) atoms. The molecule has 0 bridgehead atoms. The highest BCUT2D eigenvalue weighted by molar-refractivity contribution is 7.91. The van der Waals surface area contributed by atoms with Crippen molar-refractivity contribution < 1.29 is 21.6 Å². The second-order valence-electron chi connectivity index (χ2n) is 8.57. The van der Waals surface area contributed by atoms with Crippen LogP contribution in [-0.4, -0.2) is 28.1 Å². The molecule has 2 fully saturated rings. The Morgan fingerprint density at radius 3 is 2.48 bits per heavy atom. The lowest BCUT2D eigenvalue weighted by atomic mass is 9.96. The average Bonchev–Trinajstić information content (AvgIpc) is 3.70. The van der Waals surface area contributed by atoms with Crippen LogP contribution in [0.1, 0.15) is 49.9 Å². The van der Waals surface area contributed by atoms with Crippen LogP contribution in [-0.2, 0) is 21.4 Å². The molecule has 0 unspecified atom stereocenters. The van der Waals surface area contributed by atoms with Crippen molar-refractivity contribution in [1.29, 1.82) is 5.26 Å². The van der Waals surface area contributed by atoms with Gasteiger partial charge in [-0.25, -0.2) is 18.2 Å². The Labute approximate surface area is 187 Å². The predicted octanol–water partition coefficient (Wildman–Crippen LogP) is 3.87. The number of halogens is 3. The van der Waals surface area contributed by atoms with Gasteiger partial charge in [-0.1, -0.05) is 19.1 Å². The van der Waals surface area contributed by atoms with Gasteiger partial charge in [0, 0.05) is 23.9 Å². The molecule has 5 rings (SSSR count). The van der Waals surface area contributed by atoms with E-state index >= 15 is 0 Å². The number of rotatable bonds is 5. The number of nitrogens with zero attached hydrogens (tertiary/aromatic N) is 4. The predicted molar refractivity (Wildman–Crippen MR) is 112 cm³/mol. The first-order valence-corrected chi connectivity index (χ1v) is 12.2. The second kappa shape index (κ2) is 6.93. The van der Waals surface area contributed by atoms with E-state index < -0.39 is 38.9 Å². The number of imidazole rings is 1. The summed E-state index contributed by atoms with van der Waals surface area (Å²) < 4.78 is 68.4. The van der Waals surface area contributed by atoms with Crippen LogP contribution in [0, 0.1) is 11.3 Å². The zero-order chi connectivity index (χ0) is 23.8. The molecule has 0 radical (unpaired) electrons. The number of nitriles is 1. The van der Waals surface area contributed by atoms with Gasteiger partial charge in [-0.15, -0.1) is 0 Å². The molecule has 0 saturated heterocycles. The molecule has 2 heterocycles. The lowest BCUT2D eigenvalue weighted by Gasteiger charge is -2.14. The number of aromatic nitrogens is 3. The molecule has 2 aromatic heterocycles. The summed E-state index contributed by atoms with van der Waals surface area (Å²) in [6.45, 7) is 1.48. The van der Waals surface area contributed by atoms with Gasteiger partial charge in [-0.2, -0.15) is 18.4 Å². The van der Waals surface area contributed by atoms with Crippen molar-refractivity contribution in [1.82, 2.24) is 14.0 Å². The Kier molecular flexibility index (Phi) is 4.56. The molecule has 0 spiro atoms. The summed E-state index contributed by atoms with van der Waals surface area (Å²) in [6, 6.07) is 7.16. The molecule has 1 aromatic carbocycles. The van der Waals surface area contributed by atoms with Crippen molar-refractivity contribution in [2.75, 3.05) is 5.75 Å². The van der Waals surface area contributed by atoms with E-state index in [0.717, 1.165) is 15.0 Å². The minimum atomic E-state index is -4.73. The monoisotopic (exact) mass is 476 g/mol. The summed E-state index contributed by atoms with van der Waals surface area (Å²) in [4.78, 5) is 17.1. The molecule has 0 amide bonds. The summed E-state index contributed by atoms with van der Waals surface area (Å²) in [5, 5.41) is 9.50. The highest BCUT2D eigenvalue weighted by Crippen LogP contribution is 2.48. The van der Waals surface area contributed by atoms with Gasteiger partial charge < -0.3 is 0 Å². The molecule has 3 aromatic rings. The quantitative estimate of drug-likeness (QED) is 0.557. The summed E-state index contributed by atoms with van der Waals surface area (Å²) in [6.07, 6.45) is -1.23. The smallest absolute Gasteiger partial charge is 0.286 e. The van der Waals surface area contributed by atoms with Crippen LogP contribution in [0.2, 0.25) is 0 Å². The van der Waals surface area contributed by atoms with Crippen molar-refractivity contribution in [2.24, 2.45) is 0 Å². The summed E-state index contributed by atoms with van der Waals surface area (Å²) in [5.74, 6) is -0.205. The number of alkyl halides is 3. The van der Waals surface area contributed by atoms with E-state index in [0.29, 0.717) is 31.2 Å². The van der Waals surface area contributed by atoms with Crippen LogP contribution in [0.15, 0.2) is 40.2 Å². The molecule has 0 atom stereocenters. The largest absolute Gasteiger partial charge is 0.431 e. The average molecular weight is 476 g/mol. The Hall–Kier alpha value is -3.13. The maximum atomic E-state index is 13.6. The third kappa shape index (κ3) is 3.44. The van der Waals surface area contributed by atoms with Crippen molar-refractivity contribution in [3.63, 3.8) is 0 Å². The minimum absolute atomic E-state index is 0.0500. The third-order valence-corrected chi connectivity index (χ3v) is 8.13. The highest BCUT2D eigenvalue weighted by Gasteiger charge is 2.45. The Bertz CT molecular complexity index is 1500. The van der Waals surface area contributed by atoms with E-state index in [4.69, 9.17) is 0 Å². The molecule has 172 valence electrons. The molecule has 11 heteroatoms. The van der Waals surface area contributed by atoms with E-state index in [2.05, 4.69) is 11.1 Å². The van der Waals surface area contributed by atoms with Gasteiger partial charge in [0.2, 0.25) is 0 Å². The van der Waals surface area contributed by atoms with E-state index in [1.165, 1.54) is 25.3 Å².